The monoisotopic (exact) mass is 472 g/mol. The van der Waals surface area contributed by atoms with Gasteiger partial charge in [-0.2, -0.15) is 6.42 Å². The minimum absolute atomic E-state index is 0. The van der Waals surface area contributed by atoms with Gasteiger partial charge in [-0.15, -0.1) is 31.1 Å². The van der Waals surface area contributed by atoms with Crippen LogP contribution >= 0.6 is 0 Å². The van der Waals surface area contributed by atoms with E-state index in [0.717, 1.165) is 6.42 Å². The van der Waals surface area contributed by atoms with Crippen molar-refractivity contribution in [2.24, 2.45) is 0 Å². The molecule has 30 heavy (non-hydrogen) atoms. The molecule has 0 saturated carbocycles. The van der Waals surface area contributed by atoms with Crippen molar-refractivity contribution in [3.63, 3.8) is 0 Å². The predicted molar refractivity (Wildman–Crippen MR) is 131 cm³/mol. The number of hydrogen-bond acceptors (Lipinski definition) is 4. The maximum atomic E-state index is 10.5. The molecule has 0 unspecified atom stereocenters. The zero-order valence-corrected chi connectivity index (χ0v) is 26.7. The van der Waals surface area contributed by atoms with E-state index in [-0.39, 0.29) is 56.6 Å². The number of unbranched alkanes of at least 4 members (excludes halogenated alkanes) is 1. The van der Waals surface area contributed by atoms with Crippen LogP contribution in [-0.2, 0) is 0 Å². The molecule has 4 nitrogen and oxygen atoms in total. The summed E-state index contributed by atoms with van der Waals surface area (Å²) in [7, 11) is -7.71. The first-order chi connectivity index (χ1) is 11.6. The molecule has 166 valence electrons. The third kappa shape index (κ3) is 178. The molecule has 0 aliphatic heterocycles. The largest absolute Gasteiger partial charge is 1.00 e. The van der Waals surface area contributed by atoms with Crippen molar-refractivity contribution in [1.82, 2.24) is 0 Å². The van der Waals surface area contributed by atoms with Crippen LogP contribution in [0.1, 0.15) is 19.8 Å². The minimum Gasteiger partial charge on any atom is -0.856 e. The smallest absolute Gasteiger partial charge is 0.856 e. The van der Waals surface area contributed by atoms with Crippen LogP contribution in [0.25, 0.3) is 0 Å². The van der Waals surface area contributed by atoms with Crippen LogP contribution in [0.5, 0.6) is 0 Å². The van der Waals surface area contributed by atoms with Gasteiger partial charge in [-0.05, 0) is 49.4 Å². The average Bonchev–Trinajstić information content (AvgIpc) is 2.45. The van der Waals surface area contributed by atoms with E-state index < -0.39 is 33.3 Å². The van der Waals surface area contributed by atoms with E-state index in [1.807, 2.05) is 32.7 Å². The van der Waals surface area contributed by atoms with Crippen LogP contribution in [0.4, 0.5) is 0 Å². The number of rotatable bonds is 4. The second-order valence-corrected chi connectivity index (χ2v) is 23.8. The molecule has 0 aromatic rings. The SMILES string of the molecule is C=C[Si](C)(C)O.C=C[Si](C)(C)[O-].C=C[Si](C)(C)[O-].C[Si](C)(C)O.[CH2-]CCC.[Li+].[Li+].[Li+]. The molecule has 0 bridgehead atoms. The van der Waals surface area contributed by atoms with Crippen molar-refractivity contribution in [1.29, 1.82) is 0 Å². The van der Waals surface area contributed by atoms with E-state index in [4.69, 9.17) is 9.59 Å². The summed E-state index contributed by atoms with van der Waals surface area (Å²) in [6, 6.07) is 0. The third-order valence-electron chi connectivity index (χ3n) is 1.84. The zero-order chi connectivity index (χ0) is 23.5. The van der Waals surface area contributed by atoms with Gasteiger partial charge in [-0.25, -0.2) is 0 Å². The van der Waals surface area contributed by atoms with Crippen LogP contribution in [0.15, 0.2) is 36.8 Å². The van der Waals surface area contributed by atoms with Crippen molar-refractivity contribution in [2.45, 2.75) is 78.7 Å². The van der Waals surface area contributed by atoms with Gasteiger partial charge < -0.3 is 26.1 Å². The molecule has 2 N–H and O–H groups in total. The van der Waals surface area contributed by atoms with Crippen LogP contribution in [-0.4, -0.2) is 42.9 Å². The Labute approximate surface area is 229 Å². The molecule has 11 heteroatoms. The molecular weight excluding hydrogens is 425 g/mol. The summed E-state index contributed by atoms with van der Waals surface area (Å²) in [5.41, 5.74) is 4.67. The van der Waals surface area contributed by atoms with Gasteiger partial charge in [0.1, 0.15) is 0 Å². The molecule has 0 aromatic heterocycles. The number of hydrogen-bond donors (Lipinski definition) is 2. The fourth-order valence-corrected chi connectivity index (χ4v) is 0. The first-order valence-electron chi connectivity index (χ1n) is 9.15. The van der Waals surface area contributed by atoms with Gasteiger partial charge in [0.25, 0.3) is 0 Å². The Morgan fingerprint density at radius 3 is 0.800 bits per heavy atom. The van der Waals surface area contributed by atoms with Gasteiger partial charge in [0.05, 0.1) is 0 Å². The molecule has 0 aliphatic carbocycles. The Hall–Kier alpha value is 1.72. The van der Waals surface area contributed by atoms with E-state index in [2.05, 4.69) is 33.6 Å². The molecule has 0 aliphatic rings. The second-order valence-electron chi connectivity index (χ2n) is 8.50. The van der Waals surface area contributed by atoms with E-state index in [0.29, 0.717) is 0 Å². The standard InChI is InChI=1S/C4H10OSi.2C4H9OSi.C4H9.C3H10OSi.3Li/c3*1-4-6(2,3)5;1-3-4-2;1-5(2,3)4;;;/h4-5H,1H2,2-3H3;2*4H,1H2,2-3H3;1,3-4H2,2H3;4H,1-3H3;;;/q;3*-1;;3*+1. The summed E-state index contributed by atoms with van der Waals surface area (Å²) in [5.74, 6) is 0. The van der Waals surface area contributed by atoms with Crippen molar-refractivity contribution in [3.05, 3.63) is 43.8 Å². The normalized spacial score (nSPS) is 9.70. The topological polar surface area (TPSA) is 86.6 Å². The van der Waals surface area contributed by atoms with Crippen LogP contribution < -0.4 is 66.2 Å². The van der Waals surface area contributed by atoms with E-state index in [1.165, 1.54) is 17.8 Å². The Balaban J connectivity index is -0.0000000330. The summed E-state index contributed by atoms with van der Waals surface area (Å²) in [5, 5.41) is 0. The average molecular weight is 473 g/mol. The molecule has 0 radical (unpaired) electrons. The van der Waals surface area contributed by atoms with Gasteiger partial charge in [0.2, 0.25) is 8.32 Å². The van der Waals surface area contributed by atoms with Crippen LogP contribution in [0.2, 0.25) is 58.9 Å². The zero-order valence-electron chi connectivity index (χ0n) is 22.7. The maximum absolute atomic E-state index is 10.5. The second kappa shape index (κ2) is 28.8. The Morgan fingerprint density at radius 2 is 0.800 bits per heavy atom. The van der Waals surface area contributed by atoms with Gasteiger partial charge >= 0.3 is 56.6 Å². The summed E-state index contributed by atoms with van der Waals surface area (Å²) in [6.07, 6.45) is 2.28. The molecule has 0 heterocycles. The fraction of sp³-hybridized carbons (Fsp3) is 0.632. The van der Waals surface area contributed by atoms with Crippen molar-refractivity contribution >= 4 is 33.3 Å². The van der Waals surface area contributed by atoms with Crippen LogP contribution in [0.3, 0.4) is 0 Å². The molecule has 0 aromatic carbocycles. The van der Waals surface area contributed by atoms with E-state index >= 15 is 0 Å². The Kier molecular flexibility index (Phi) is 51.0. The molecule has 0 amide bonds. The fourth-order valence-electron chi connectivity index (χ4n) is 0. The van der Waals surface area contributed by atoms with Crippen molar-refractivity contribution in [3.8, 4) is 0 Å². The van der Waals surface area contributed by atoms with Gasteiger partial charge in [0.15, 0.2) is 8.32 Å². The molecule has 0 fully saturated rings. The van der Waals surface area contributed by atoms with E-state index in [9.17, 15) is 9.59 Å². The quantitative estimate of drug-likeness (QED) is 0.317. The molecule has 0 atom stereocenters. The minimum atomic E-state index is -2.12. The van der Waals surface area contributed by atoms with Gasteiger partial charge in [-0.1, -0.05) is 45.2 Å². The van der Waals surface area contributed by atoms with Crippen molar-refractivity contribution < 1.29 is 75.8 Å². The third-order valence-corrected chi connectivity index (χ3v) is 4.80. The van der Waals surface area contributed by atoms with E-state index in [1.54, 1.807) is 31.9 Å². The van der Waals surface area contributed by atoms with Gasteiger partial charge in [0, 0.05) is 0 Å². The first-order valence-corrected chi connectivity index (χ1v) is 21.6. The Morgan fingerprint density at radius 1 is 0.700 bits per heavy atom. The Bertz CT molecular complexity index is 310. The maximum Gasteiger partial charge on any atom is 1.00 e. The molecule has 0 spiro atoms. The van der Waals surface area contributed by atoms with Gasteiger partial charge in [-0.3, -0.25) is 0 Å². The van der Waals surface area contributed by atoms with Crippen molar-refractivity contribution in [2.75, 3.05) is 0 Å². The summed E-state index contributed by atoms with van der Waals surface area (Å²) in [4.78, 5) is 38.5. The molecule has 0 rings (SSSR count). The predicted octanol–water partition coefficient (Wildman–Crippen LogP) is -5.09. The van der Waals surface area contributed by atoms with Crippen LogP contribution in [0, 0.1) is 6.92 Å². The molecular formula is C19H47Li3O4Si4. The molecule has 0 saturated heterocycles. The first kappa shape index (κ1) is 53.2. The summed E-state index contributed by atoms with van der Waals surface area (Å²) >= 11 is 0. The summed E-state index contributed by atoms with van der Waals surface area (Å²) in [6.45, 7) is 32.0. The summed E-state index contributed by atoms with van der Waals surface area (Å²) < 4.78 is 0.